The highest BCUT2D eigenvalue weighted by molar-refractivity contribution is 5.87. The van der Waals surface area contributed by atoms with E-state index in [0.29, 0.717) is 25.7 Å². The largest absolute Gasteiger partial charge is 0.481 e. The second-order valence-electron chi connectivity index (χ2n) is 15.8. The lowest BCUT2D eigenvalue weighted by Crippen LogP contribution is -2.56. The van der Waals surface area contributed by atoms with Crippen molar-refractivity contribution in [3.8, 4) is 0 Å². The molecule has 0 aromatic rings. The summed E-state index contributed by atoms with van der Waals surface area (Å²) in [5.41, 5.74) is -2.45. The first kappa shape index (κ1) is 43.5. The number of allylic oxidation sites excluding steroid dienone is 4. The van der Waals surface area contributed by atoms with Crippen molar-refractivity contribution in [2.24, 2.45) is 10.8 Å². The van der Waals surface area contributed by atoms with E-state index < -0.39 is 22.8 Å². The van der Waals surface area contributed by atoms with Crippen LogP contribution in [0.5, 0.6) is 0 Å². The smallest absolute Gasteiger partial charge is 0.310 e. The lowest BCUT2D eigenvalue weighted by atomic mass is 9.52. The Morgan fingerprint density at radius 2 is 0.735 bits per heavy atom. The molecule has 0 bridgehead atoms. The summed E-state index contributed by atoms with van der Waals surface area (Å²) < 4.78 is 5.82. The number of aliphatic carboxylic acids is 2. The first-order valence-electron chi connectivity index (χ1n) is 21.4. The van der Waals surface area contributed by atoms with Crippen molar-refractivity contribution in [2.75, 3.05) is 0 Å². The van der Waals surface area contributed by atoms with E-state index >= 15 is 0 Å². The molecule has 2 rings (SSSR count). The second-order valence-corrected chi connectivity index (χ2v) is 15.8. The van der Waals surface area contributed by atoms with Gasteiger partial charge in [0.25, 0.3) is 0 Å². The number of hydrogen-bond acceptors (Lipinski definition) is 3. The van der Waals surface area contributed by atoms with Gasteiger partial charge < -0.3 is 14.9 Å². The van der Waals surface area contributed by atoms with Crippen LogP contribution in [-0.4, -0.2) is 34.4 Å². The van der Waals surface area contributed by atoms with E-state index in [2.05, 4.69) is 38.2 Å². The third kappa shape index (κ3) is 17.0. The minimum absolute atomic E-state index is 0.0717. The molecule has 2 N–H and O–H groups in total. The fourth-order valence-corrected chi connectivity index (χ4v) is 8.45. The lowest BCUT2D eigenvalue weighted by Gasteiger charge is -2.47. The summed E-state index contributed by atoms with van der Waals surface area (Å²) in [4.78, 5) is 26.0. The summed E-state index contributed by atoms with van der Waals surface area (Å²) in [6, 6.07) is 0. The molecule has 1 heterocycles. The summed E-state index contributed by atoms with van der Waals surface area (Å²) >= 11 is 0. The van der Waals surface area contributed by atoms with Gasteiger partial charge in [0.05, 0.1) is 23.0 Å². The first-order chi connectivity index (χ1) is 23.9. The number of hydrogen-bond donors (Lipinski definition) is 2. The summed E-state index contributed by atoms with van der Waals surface area (Å²) in [7, 11) is 0. The van der Waals surface area contributed by atoms with Crippen LogP contribution in [0.3, 0.4) is 0 Å². The molecule has 1 saturated carbocycles. The molecule has 1 aliphatic carbocycles. The number of fused-ring (bicyclic) bond motifs is 1. The van der Waals surface area contributed by atoms with Crippen LogP contribution in [0.25, 0.3) is 0 Å². The molecular weight excluding hydrogens is 608 g/mol. The SMILES string of the molecule is CCCCCCCCC=CCCCCCCCCC1(C(=O)O)CC2OC2CC1(CCCCCCCCC=CCCCCCCCC)C(=O)O. The molecule has 0 aromatic heterocycles. The van der Waals surface area contributed by atoms with Gasteiger partial charge in [-0.2, -0.15) is 0 Å². The van der Waals surface area contributed by atoms with Gasteiger partial charge in [0.15, 0.2) is 0 Å². The van der Waals surface area contributed by atoms with Crippen molar-refractivity contribution >= 4 is 11.9 Å². The average molecular weight is 687 g/mol. The van der Waals surface area contributed by atoms with E-state index in [1.54, 1.807) is 0 Å². The van der Waals surface area contributed by atoms with E-state index in [0.717, 1.165) is 51.4 Å². The molecule has 2 fully saturated rings. The number of carbonyl (C=O) groups is 2. The topological polar surface area (TPSA) is 87.1 Å². The molecule has 4 unspecified atom stereocenters. The molecule has 0 amide bonds. The van der Waals surface area contributed by atoms with Gasteiger partial charge in [-0.3, -0.25) is 9.59 Å². The maximum atomic E-state index is 13.0. The van der Waals surface area contributed by atoms with Gasteiger partial charge in [-0.15, -0.1) is 0 Å². The Bertz CT molecular complexity index is 839. The van der Waals surface area contributed by atoms with E-state index in [-0.39, 0.29) is 12.2 Å². The molecule has 5 nitrogen and oxygen atoms in total. The van der Waals surface area contributed by atoms with Crippen LogP contribution >= 0.6 is 0 Å². The predicted molar refractivity (Wildman–Crippen MR) is 206 cm³/mol. The molecule has 4 atom stereocenters. The van der Waals surface area contributed by atoms with Gasteiger partial charge in [-0.25, -0.2) is 0 Å². The Kier molecular flexibility index (Phi) is 24.1. The van der Waals surface area contributed by atoms with Gasteiger partial charge in [0.2, 0.25) is 0 Å². The molecular formula is C44H78O5. The number of rotatable bonds is 34. The van der Waals surface area contributed by atoms with Crippen molar-refractivity contribution < 1.29 is 24.5 Å². The summed E-state index contributed by atoms with van der Waals surface area (Å²) in [5, 5.41) is 21.3. The molecule has 0 spiro atoms. The van der Waals surface area contributed by atoms with Crippen LogP contribution in [0, 0.1) is 10.8 Å². The van der Waals surface area contributed by atoms with Crippen LogP contribution in [-0.2, 0) is 14.3 Å². The number of unbranched alkanes of at least 4 members (excludes halogenated alkanes) is 24. The zero-order valence-electron chi connectivity index (χ0n) is 32.2. The standard InChI is InChI=1S/C44H78O5/c1-3-5-7-9-11-13-15-17-19-21-23-25-27-29-31-33-35-43(41(45)46)37-39-40(49-39)38-44(43,42(47)48)36-34-32-30-28-26-24-22-20-18-16-14-12-10-8-6-4-2/h17-20,39-40H,3-16,21-38H2,1-2H3,(H,45,46)(H,47,48). The second kappa shape index (κ2) is 27.1. The zero-order valence-corrected chi connectivity index (χ0v) is 32.2. The molecule has 284 valence electrons. The fraction of sp³-hybridized carbons (Fsp3) is 0.864. The summed E-state index contributed by atoms with van der Waals surface area (Å²) in [5.74, 6) is -1.83. The Hall–Kier alpha value is -1.62. The quantitative estimate of drug-likeness (QED) is 0.0400. The van der Waals surface area contributed by atoms with Gasteiger partial charge in [0.1, 0.15) is 0 Å². The van der Waals surface area contributed by atoms with Crippen LogP contribution in [0.2, 0.25) is 0 Å². The number of ether oxygens (including phenoxy) is 1. The van der Waals surface area contributed by atoms with Gasteiger partial charge in [-0.05, 0) is 77.0 Å². The highest BCUT2D eigenvalue weighted by Crippen LogP contribution is 2.61. The Morgan fingerprint density at radius 1 is 0.469 bits per heavy atom. The molecule has 1 saturated heterocycles. The fourth-order valence-electron chi connectivity index (χ4n) is 8.45. The number of carboxylic acid groups (broad SMARTS) is 2. The molecule has 0 radical (unpaired) electrons. The summed E-state index contributed by atoms with van der Waals surface area (Å²) in [6.07, 6.45) is 44.7. The van der Waals surface area contributed by atoms with Gasteiger partial charge in [-0.1, -0.05) is 167 Å². The molecule has 5 heteroatoms. The Labute approximate surface area is 302 Å². The maximum absolute atomic E-state index is 13.0. The van der Waals surface area contributed by atoms with Crippen LogP contribution < -0.4 is 0 Å². The van der Waals surface area contributed by atoms with Gasteiger partial charge >= 0.3 is 11.9 Å². The van der Waals surface area contributed by atoms with Crippen molar-refractivity contribution in [2.45, 2.75) is 232 Å². The van der Waals surface area contributed by atoms with Crippen LogP contribution in [0.15, 0.2) is 24.3 Å². The number of epoxide rings is 1. The maximum Gasteiger partial charge on any atom is 0.310 e. The van der Waals surface area contributed by atoms with Crippen molar-refractivity contribution in [3.05, 3.63) is 24.3 Å². The number of carboxylic acids is 2. The van der Waals surface area contributed by atoms with E-state index in [1.165, 1.54) is 128 Å². The van der Waals surface area contributed by atoms with Crippen molar-refractivity contribution in [1.29, 1.82) is 0 Å². The average Bonchev–Trinajstić information content (AvgIpc) is 3.84. The minimum Gasteiger partial charge on any atom is -0.481 e. The molecule has 49 heavy (non-hydrogen) atoms. The van der Waals surface area contributed by atoms with Crippen LogP contribution in [0.4, 0.5) is 0 Å². The first-order valence-corrected chi connectivity index (χ1v) is 21.4. The van der Waals surface area contributed by atoms with E-state index in [4.69, 9.17) is 4.74 Å². The van der Waals surface area contributed by atoms with Crippen molar-refractivity contribution in [1.82, 2.24) is 0 Å². The molecule has 0 aromatic carbocycles. The van der Waals surface area contributed by atoms with Crippen molar-refractivity contribution in [3.63, 3.8) is 0 Å². The van der Waals surface area contributed by atoms with E-state index in [1.807, 2.05) is 0 Å². The normalized spacial score (nSPS) is 23.4. The Morgan fingerprint density at radius 3 is 1.02 bits per heavy atom. The highest BCUT2D eigenvalue weighted by atomic mass is 16.6. The third-order valence-corrected chi connectivity index (χ3v) is 11.8. The Balaban J connectivity index is 1.65. The molecule has 1 aliphatic heterocycles. The monoisotopic (exact) mass is 687 g/mol. The zero-order chi connectivity index (χ0) is 35.5. The van der Waals surface area contributed by atoms with Crippen LogP contribution in [0.1, 0.15) is 219 Å². The highest BCUT2D eigenvalue weighted by Gasteiger charge is 2.69. The molecule has 2 aliphatic rings. The predicted octanol–water partition coefficient (Wildman–Crippen LogP) is 13.5. The van der Waals surface area contributed by atoms with E-state index in [9.17, 15) is 19.8 Å². The lowest BCUT2D eigenvalue weighted by molar-refractivity contribution is -0.181. The summed E-state index contributed by atoms with van der Waals surface area (Å²) in [6.45, 7) is 4.53. The van der Waals surface area contributed by atoms with Gasteiger partial charge in [0, 0.05) is 0 Å². The third-order valence-electron chi connectivity index (χ3n) is 11.8. The minimum atomic E-state index is -1.22.